The Balaban J connectivity index is 1.58. The van der Waals surface area contributed by atoms with Crippen molar-refractivity contribution < 1.29 is 4.74 Å². The van der Waals surface area contributed by atoms with Crippen LogP contribution >= 0.6 is 22.9 Å². The van der Waals surface area contributed by atoms with Gasteiger partial charge in [0.25, 0.3) is 0 Å². The first-order chi connectivity index (χ1) is 9.31. The van der Waals surface area contributed by atoms with Crippen molar-refractivity contribution in [2.75, 3.05) is 0 Å². The third kappa shape index (κ3) is 3.69. The molecule has 3 rings (SSSR count). The van der Waals surface area contributed by atoms with Crippen LogP contribution in [0.15, 0.2) is 29.9 Å². The molecule has 0 aliphatic heterocycles. The molecule has 1 aromatic carbocycles. The molecular formula is C14H15ClN2OS. The third-order valence-corrected chi connectivity index (χ3v) is 4.07. The van der Waals surface area contributed by atoms with Gasteiger partial charge >= 0.3 is 0 Å². The van der Waals surface area contributed by atoms with Crippen LogP contribution in [-0.4, -0.2) is 11.0 Å². The minimum Gasteiger partial charge on any atom is -0.486 e. The van der Waals surface area contributed by atoms with Crippen molar-refractivity contribution in [3.63, 3.8) is 0 Å². The van der Waals surface area contributed by atoms with E-state index in [0.717, 1.165) is 17.2 Å². The van der Waals surface area contributed by atoms with E-state index < -0.39 is 0 Å². The molecule has 1 saturated carbocycles. The number of nitrogens with zero attached hydrogens (tertiary/aromatic N) is 1. The van der Waals surface area contributed by atoms with Crippen LogP contribution in [-0.2, 0) is 13.2 Å². The van der Waals surface area contributed by atoms with E-state index in [9.17, 15) is 0 Å². The Labute approximate surface area is 121 Å². The van der Waals surface area contributed by atoms with E-state index in [2.05, 4.69) is 16.4 Å². The molecule has 19 heavy (non-hydrogen) atoms. The normalized spacial score (nSPS) is 14.6. The van der Waals surface area contributed by atoms with Crippen LogP contribution in [0, 0.1) is 0 Å². The third-order valence-electron chi connectivity index (χ3n) is 3.02. The summed E-state index contributed by atoms with van der Waals surface area (Å²) in [5, 5.41) is 4.13. The van der Waals surface area contributed by atoms with Gasteiger partial charge in [0.1, 0.15) is 12.4 Å². The van der Waals surface area contributed by atoms with Gasteiger partial charge in [0.2, 0.25) is 0 Å². The zero-order chi connectivity index (χ0) is 13.1. The molecule has 0 unspecified atom stereocenters. The zero-order valence-corrected chi connectivity index (χ0v) is 12.0. The summed E-state index contributed by atoms with van der Waals surface area (Å²) in [6.45, 7) is 1.39. The van der Waals surface area contributed by atoms with Gasteiger partial charge < -0.3 is 10.1 Å². The van der Waals surface area contributed by atoms with Gasteiger partial charge in [-0.15, -0.1) is 11.3 Å². The van der Waals surface area contributed by atoms with Crippen LogP contribution in [0.2, 0.25) is 5.02 Å². The van der Waals surface area contributed by atoms with Gasteiger partial charge in [-0.1, -0.05) is 17.7 Å². The first-order valence-electron chi connectivity index (χ1n) is 6.33. The summed E-state index contributed by atoms with van der Waals surface area (Å²) >= 11 is 7.82. The first kappa shape index (κ1) is 12.9. The number of nitrogens with one attached hydrogen (secondary N) is 1. The molecule has 1 fully saturated rings. The highest BCUT2D eigenvalue weighted by molar-refractivity contribution is 7.09. The van der Waals surface area contributed by atoms with Crippen LogP contribution in [0.5, 0.6) is 5.75 Å². The molecular weight excluding hydrogens is 280 g/mol. The van der Waals surface area contributed by atoms with E-state index in [1.807, 2.05) is 18.3 Å². The molecule has 0 radical (unpaired) electrons. The molecule has 100 valence electrons. The Morgan fingerprint density at radius 2 is 2.32 bits per heavy atom. The molecule has 0 bridgehead atoms. The minimum absolute atomic E-state index is 0.518. The second-order valence-corrected chi connectivity index (χ2v) is 6.05. The van der Waals surface area contributed by atoms with E-state index >= 15 is 0 Å². The van der Waals surface area contributed by atoms with E-state index in [-0.39, 0.29) is 0 Å². The molecule has 0 saturated heterocycles. The monoisotopic (exact) mass is 294 g/mol. The second kappa shape index (κ2) is 5.90. The fourth-order valence-corrected chi connectivity index (χ4v) is 2.55. The highest BCUT2D eigenvalue weighted by Crippen LogP contribution is 2.27. The predicted molar refractivity (Wildman–Crippen MR) is 77.8 cm³/mol. The molecule has 3 nitrogen and oxygen atoms in total. The van der Waals surface area contributed by atoms with Gasteiger partial charge in [-0.3, -0.25) is 4.98 Å². The van der Waals surface area contributed by atoms with Gasteiger partial charge in [0, 0.05) is 18.8 Å². The van der Waals surface area contributed by atoms with Crippen LogP contribution in [0.25, 0.3) is 0 Å². The summed E-state index contributed by atoms with van der Waals surface area (Å²) in [4.78, 5) is 5.11. The van der Waals surface area contributed by atoms with E-state index in [1.165, 1.54) is 18.4 Å². The number of hydrogen-bond donors (Lipinski definition) is 1. The van der Waals surface area contributed by atoms with Gasteiger partial charge in [-0.2, -0.15) is 0 Å². The number of ether oxygens (including phenoxy) is 1. The molecule has 1 heterocycles. The lowest BCUT2D eigenvalue weighted by atomic mass is 10.2. The standard InChI is InChI=1S/C14H15ClN2OS/c15-13-5-10(6-17-11-2-3-11)1-4-14(13)18-8-12-7-16-9-19-12/h1,4-5,7,9,11,17H,2-3,6,8H2. The minimum atomic E-state index is 0.518. The van der Waals surface area contributed by atoms with E-state index in [1.54, 1.807) is 16.8 Å². The smallest absolute Gasteiger partial charge is 0.138 e. The van der Waals surface area contributed by atoms with E-state index in [0.29, 0.717) is 17.7 Å². The Morgan fingerprint density at radius 3 is 3.00 bits per heavy atom. The first-order valence-corrected chi connectivity index (χ1v) is 7.59. The molecule has 0 atom stereocenters. The molecule has 0 amide bonds. The van der Waals surface area contributed by atoms with Crippen molar-refractivity contribution in [3.8, 4) is 5.75 Å². The Bertz CT molecular complexity index is 540. The highest BCUT2D eigenvalue weighted by atomic mass is 35.5. The molecule has 2 aromatic rings. The Kier molecular flexibility index (Phi) is 4.01. The summed E-state index contributed by atoms with van der Waals surface area (Å²) in [7, 11) is 0. The summed E-state index contributed by atoms with van der Waals surface area (Å²) in [6.07, 6.45) is 4.40. The average Bonchev–Trinajstić information content (AvgIpc) is 3.10. The topological polar surface area (TPSA) is 34.1 Å². The summed E-state index contributed by atoms with van der Waals surface area (Å²) in [5.41, 5.74) is 2.99. The average molecular weight is 295 g/mol. The quantitative estimate of drug-likeness (QED) is 0.883. The van der Waals surface area contributed by atoms with Gasteiger partial charge in [0.15, 0.2) is 0 Å². The lowest BCUT2D eigenvalue weighted by Crippen LogP contribution is -2.15. The number of benzene rings is 1. The second-order valence-electron chi connectivity index (χ2n) is 4.68. The molecule has 0 spiro atoms. The van der Waals surface area contributed by atoms with Crippen LogP contribution in [0.1, 0.15) is 23.3 Å². The van der Waals surface area contributed by atoms with Gasteiger partial charge in [0.05, 0.1) is 15.4 Å². The maximum absolute atomic E-state index is 6.24. The fraction of sp³-hybridized carbons (Fsp3) is 0.357. The number of aromatic nitrogens is 1. The maximum atomic E-state index is 6.24. The van der Waals surface area contributed by atoms with Gasteiger partial charge in [-0.25, -0.2) is 0 Å². The maximum Gasteiger partial charge on any atom is 0.138 e. The largest absolute Gasteiger partial charge is 0.486 e. The van der Waals surface area contributed by atoms with Crippen molar-refractivity contribution in [3.05, 3.63) is 45.4 Å². The Hall–Kier alpha value is -1.10. The van der Waals surface area contributed by atoms with Crippen LogP contribution in [0.4, 0.5) is 0 Å². The number of thiazole rings is 1. The predicted octanol–water partition coefficient (Wildman–Crippen LogP) is 3.63. The van der Waals surface area contributed by atoms with Crippen molar-refractivity contribution in [1.29, 1.82) is 0 Å². The summed E-state index contributed by atoms with van der Waals surface area (Å²) < 4.78 is 5.69. The lowest BCUT2D eigenvalue weighted by Gasteiger charge is -2.09. The molecule has 1 aliphatic carbocycles. The highest BCUT2D eigenvalue weighted by Gasteiger charge is 2.20. The molecule has 1 aliphatic rings. The number of rotatable bonds is 6. The molecule has 1 aromatic heterocycles. The Morgan fingerprint density at radius 1 is 1.42 bits per heavy atom. The lowest BCUT2D eigenvalue weighted by molar-refractivity contribution is 0.309. The zero-order valence-electron chi connectivity index (χ0n) is 10.4. The molecule has 5 heteroatoms. The van der Waals surface area contributed by atoms with Crippen molar-refractivity contribution in [2.45, 2.75) is 32.0 Å². The van der Waals surface area contributed by atoms with Gasteiger partial charge in [-0.05, 0) is 30.5 Å². The van der Waals surface area contributed by atoms with Crippen molar-refractivity contribution in [2.24, 2.45) is 0 Å². The van der Waals surface area contributed by atoms with Crippen LogP contribution < -0.4 is 10.1 Å². The number of halogens is 1. The summed E-state index contributed by atoms with van der Waals surface area (Å²) in [5.74, 6) is 0.727. The number of hydrogen-bond acceptors (Lipinski definition) is 4. The summed E-state index contributed by atoms with van der Waals surface area (Å²) in [6, 6.07) is 6.68. The molecule has 1 N–H and O–H groups in total. The van der Waals surface area contributed by atoms with E-state index in [4.69, 9.17) is 16.3 Å². The SMILES string of the molecule is Clc1cc(CNC2CC2)ccc1OCc1cncs1. The van der Waals surface area contributed by atoms with Crippen LogP contribution in [0.3, 0.4) is 0 Å². The van der Waals surface area contributed by atoms with Crippen molar-refractivity contribution >= 4 is 22.9 Å². The fourth-order valence-electron chi connectivity index (χ4n) is 1.78. The van der Waals surface area contributed by atoms with Crippen molar-refractivity contribution in [1.82, 2.24) is 10.3 Å².